The summed E-state index contributed by atoms with van der Waals surface area (Å²) in [5.41, 5.74) is 0. The second-order valence-electron chi connectivity index (χ2n) is 1.40. The van der Waals surface area contributed by atoms with Crippen LogP contribution >= 0.6 is 12.6 Å². The maximum Gasteiger partial charge on any atom is 1.00 e. The van der Waals surface area contributed by atoms with Crippen LogP contribution in [0.25, 0.3) is 0 Å². The van der Waals surface area contributed by atoms with Crippen LogP contribution in [0.15, 0.2) is 0 Å². The van der Waals surface area contributed by atoms with E-state index in [1.807, 2.05) is 0 Å². The van der Waals surface area contributed by atoms with E-state index in [0.717, 1.165) is 0 Å². The topological polar surface area (TPSA) is 40.1 Å². The van der Waals surface area contributed by atoms with Crippen molar-refractivity contribution >= 4 is 18.6 Å². The van der Waals surface area contributed by atoms with Gasteiger partial charge in [0, 0.05) is 11.9 Å². The van der Waals surface area contributed by atoms with Crippen LogP contribution in [0.4, 0.5) is 0 Å². The van der Waals surface area contributed by atoms with E-state index in [4.69, 9.17) is 0 Å². The molecule has 0 aromatic rings. The van der Waals surface area contributed by atoms with Crippen LogP contribution in [0.5, 0.6) is 0 Å². The minimum absolute atomic E-state index is 0. The van der Waals surface area contributed by atoms with Gasteiger partial charge in [-0.2, -0.15) is 12.6 Å². The third kappa shape index (κ3) is 4.97. The Morgan fingerprint density at radius 2 is 2.25 bits per heavy atom. The maximum absolute atomic E-state index is 9.77. The number of rotatable bonds is 2. The number of aliphatic carboxylic acids is 1. The van der Waals surface area contributed by atoms with Crippen molar-refractivity contribution in [1.82, 2.24) is 0 Å². The molecule has 0 aliphatic heterocycles. The van der Waals surface area contributed by atoms with Crippen LogP contribution in [-0.4, -0.2) is 11.7 Å². The van der Waals surface area contributed by atoms with Crippen molar-refractivity contribution in [3.05, 3.63) is 0 Å². The van der Waals surface area contributed by atoms with Crippen LogP contribution in [0.3, 0.4) is 0 Å². The first-order valence-corrected chi connectivity index (χ1v) is 2.63. The number of carbonyl (C=O) groups excluding carboxylic acids is 1. The Labute approximate surface area is 76.4 Å². The van der Waals surface area contributed by atoms with Gasteiger partial charge >= 0.3 is 29.6 Å². The molecular weight excluding hydrogens is 135 g/mol. The third-order valence-electron chi connectivity index (χ3n) is 0.676. The Bertz CT molecular complexity index is 76.4. The van der Waals surface area contributed by atoms with E-state index in [9.17, 15) is 9.90 Å². The summed E-state index contributed by atoms with van der Waals surface area (Å²) in [7, 11) is 0. The number of carbonyl (C=O) groups is 1. The summed E-state index contributed by atoms with van der Waals surface area (Å²) in [5, 5.41) is 9.77. The van der Waals surface area contributed by atoms with Crippen LogP contribution in [0, 0.1) is 5.92 Å². The van der Waals surface area contributed by atoms with E-state index in [-0.39, 0.29) is 29.6 Å². The predicted molar refractivity (Wildman–Crippen MR) is 28.0 cm³/mol. The Morgan fingerprint density at radius 1 is 1.88 bits per heavy atom. The van der Waals surface area contributed by atoms with Gasteiger partial charge in [0.1, 0.15) is 0 Å². The summed E-state index contributed by atoms with van der Waals surface area (Å²) in [6, 6.07) is 0. The van der Waals surface area contributed by atoms with Crippen LogP contribution in [0.1, 0.15) is 6.92 Å². The average Bonchev–Trinajstić information content (AvgIpc) is 1.65. The quantitative estimate of drug-likeness (QED) is 0.318. The second-order valence-corrected chi connectivity index (χ2v) is 1.77. The first kappa shape index (κ1) is 11.6. The molecule has 0 rings (SSSR count). The fourth-order valence-electron chi connectivity index (χ4n) is 0.0745. The molecule has 0 aromatic heterocycles. The van der Waals surface area contributed by atoms with Crippen molar-refractivity contribution in [1.29, 1.82) is 0 Å². The molecule has 42 valence electrons. The summed E-state index contributed by atoms with van der Waals surface area (Å²) in [6.45, 7) is 1.56. The van der Waals surface area contributed by atoms with E-state index >= 15 is 0 Å². The number of thiol groups is 1. The molecule has 0 fully saturated rings. The van der Waals surface area contributed by atoms with E-state index in [2.05, 4.69) is 12.6 Å². The molecule has 0 radical (unpaired) electrons. The van der Waals surface area contributed by atoms with Crippen molar-refractivity contribution in [2.24, 2.45) is 5.92 Å². The molecule has 8 heavy (non-hydrogen) atoms. The Balaban J connectivity index is 0. The van der Waals surface area contributed by atoms with Crippen molar-refractivity contribution in [2.45, 2.75) is 6.92 Å². The van der Waals surface area contributed by atoms with Crippen molar-refractivity contribution in [2.75, 3.05) is 5.75 Å². The molecule has 2 nitrogen and oxygen atoms in total. The summed E-state index contributed by atoms with van der Waals surface area (Å²) < 4.78 is 0. The molecule has 0 saturated carbocycles. The number of carboxylic acid groups (broad SMARTS) is 1. The fraction of sp³-hybridized carbons (Fsp3) is 0.750. The Kier molecular flexibility index (Phi) is 8.62. The largest absolute Gasteiger partial charge is 1.00 e. The van der Waals surface area contributed by atoms with Gasteiger partial charge in [-0.25, -0.2) is 0 Å². The second kappa shape index (κ2) is 5.95. The van der Waals surface area contributed by atoms with Gasteiger partial charge in [0.2, 0.25) is 0 Å². The van der Waals surface area contributed by atoms with Gasteiger partial charge in [-0.05, 0) is 5.75 Å². The summed E-state index contributed by atoms with van der Waals surface area (Å²) >= 11 is 3.73. The maximum atomic E-state index is 9.77. The molecule has 0 aliphatic carbocycles. The minimum atomic E-state index is -1.03. The molecule has 1 unspecified atom stereocenters. The molecule has 1 atom stereocenters. The first-order chi connectivity index (χ1) is 3.18. The predicted octanol–water partition coefficient (Wildman–Crippen LogP) is -3.69. The zero-order valence-corrected chi connectivity index (χ0v) is 7.94. The molecule has 4 heteroatoms. The number of hydrogen-bond donors (Lipinski definition) is 1. The summed E-state index contributed by atoms with van der Waals surface area (Å²) in [4.78, 5) is 9.77. The van der Waals surface area contributed by atoms with Crippen LogP contribution in [0.2, 0.25) is 0 Å². The van der Waals surface area contributed by atoms with E-state index < -0.39 is 11.9 Å². The molecule has 0 N–H and O–H groups in total. The normalized spacial score (nSPS) is 11.8. The van der Waals surface area contributed by atoms with Crippen LogP contribution < -0.4 is 34.7 Å². The first-order valence-electron chi connectivity index (χ1n) is 2.00. The number of carboxylic acids is 1. The summed E-state index contributed by atoms with van der Waals surface area (Å²) in [6.07, 6.45) is 0. The van der Waals surface area contributed by atoms with E-state index in [1.54, 1.807) is 6.92 Å². The van der Waals surface area contributed by atoms with E-state index in [0.29, 0.717) is 5.75 Å². The zero-order chi connectivity index (χ0) is 5.86. The summed E-state index contributed by atoms with van der Waals surface area (Å²) in [5.74, 6) is -1.11. The Hall–Kier alpha value is 0.820. The molecule has 0 saturated heterocycles. The SMILES string of the molecule is CC(CS)C(=O)[O-].[Na+]. The molecule has 0 aliphatic rings. The van der Waals surface area contributed by atoms with Gasteiger partial charge in [-0.1, -0.05) is 6.92 Å². The fourth-order valence-corrected chi connectivity index (χ4v) is 0.224. The molecule has 0 aromatic carbocycles. The molecule has 0 heterocycles. The molecule has 0 spiro atoms. The van der Waals surface area contributed by atoms with Crippen molar-refractivity contribution in [3.63, 3.8) is 0 Å². The molecule has 0 bridgehead atoms. The smallest absolute Gasteiger partial charge is 0.550 e. The Morgan fingerprint density at radius 3 is 2.25 bits per heavy atom. The monoisotopic (exact) mass is 142 g/mol. The standard InChI is InChI=1S/C4H8O2S.Na/c1-3(2-7)4(5)6;/h3,7H,2H2,1H3,(H,5,6);/q;+1/p-1. The average molecular weight is 142 g/mol. The van der Waals surface area contributed by atoms with Gasteiger partial charge in [0.25, 0.3) is 0 Å². The minimum Gasteiger partial charge on any atom is -0.550 e. The molecule has 0 amide bonds. The van der Waals surface area contributed by atoms with Gasteiger partial charge in [-0.3, -0.25) is 0 Å². The van der Waals surface area contributed by atoms with E-state index in [1.165, 1.54) is 0 Å². The van der Waals surface area contributed by atoms with Crippen LogP contribution in [-0.2, 0) is 4.79 Å². The van der Waals surface area contributed by atoms with Crippen molar-refractivity contribution < 1.29 is 39.5 Å². The van der Waals surface area contributed by atoms with Gasteiger partial charge in [0.15, 0.2) is 0 Å². The van der Waals surface area contributed by atoms with Gasteiger partial charge in [-0.15, -0.1) is 0 Å². The number of hydrogen-bond acceptors (Lipinski definition) is 3. The molecular formula is C4H7NaO2S. The van der Waals surface area contributed by atoms with Crippen molar-refractivity contribution in [3.8, 4) is 0 Å². The zero-order valence-electron chi connectivity index (χ0n) is 5.05. The van der Waals surface area contributed by atoms with Gasteiger partial charge < -0.3 is 9.90 Å². The van der Waals surface area contributed by atoms with Gasteiger partial charge in [0.05, 0.1) is 0 Å². The third-order valence-corrected chi connectivity index (χ3v) is 1.22.